The number of amides is 1. The van der Waals surface area contributed by atoms with Crippen LogP contribution in [0.4, 0.5) is 5.82 Å². The van der Waals surface area contributed by atoms with Crippen molar-refractivity contribution in [2.45, 2.75) is 32.7 Å². The Morgan fingerprint density at radius 1 is 1.22 bits per heavy atom. The minimum absolute atomic E-state index is 0.0507. The molecule has 164 valence electrons. The van der Waals surface area contributed by atoms with Crippen LogP contribution in [0, 0.1) is 17.2 Å². The van der Waals surface area contributed by atoms with Gasteiger partial charge in [-0.1, -0.05) is 19.1 Å². The first-order valence-electron chi connectivity index (χ1n) is 10.8. The number of anilines is 1. The second-order valence-electron chi connectivity index (χ2n) is 8.30. The number of pyridine rings is 1. The molecule has 0 radical (unpaired) electrons. The third-order valence-corrected chi connectivity index (χ3v) is 6.19. The molecule has 1 fully saturated rings. The zero-order valence-corrected chi connectivity index (χ0v) is 18.3. The Hall–Kier alpha value is -3.73. The molecule has 2 atom stereocenters. The van der Waals surface area contributed by atoms with E-state index < -0.39 is 0 Å². The van der Waals surface area contributed by atoms with Gasteiger partial charge in [-0.25, -0.2) is 9.97 Å². The summed E-state index contributed by atoms with van der Waals surface area (Å²) in [5.74, 6) is 1.64. The molecule has 1 N–H and O–H groups in total. The fourth-order valence-corrected chi connectivity index (χ4v) is 4.15. The third kappa shape index (κ3) is 4.47. The minimum Gasteiger partial charge on any atom is -0.354 e. The highest BCUT2D eigenvalue weighted by molar-refractivity contribution is 5.78. The molecular formula is C24H26N6O2. The van der Waals surface area contributed by atoms with Crippen LogP contribution in [-0.4, -0.2) is 51.4 Å². The number of nitrogens with one attached hydrogen (secondary N) is 1. The van der Waals surface area contributed by atoms with E-state index in [1.54, 1.807) is 30.5 Å². The summed E-state index contributed by atoms with van der Waals surface area (Å²) in [5.41, 5.74) is 0.989. The van der Waals surface area contributed by atoms with Gasteiger partial charge < -0.3 is 14.8 Å². The Morgan fingerprint density at radius 3 is 2.78 bits per heavy atom. The van der Waals surface area contributed by atoms with Crippen LogP contribution in [0.25, 0.3) is 10.9 Å². The van der Waals surface area contributed by atoms with Gasteiger partial charge in [-0.15, -0.1) is 0 Å². The SMILES string of the molecule is CC1[C@@H](C)CN(c2ccc(C#N)cn2)CCN1C(=O)CCc1nc2ccccc2c(=O)[nH]1. The van der Waals surface area contributed by atoms with Gasteiger partial charge in [0.2, 0.25) is 5.91 Å². The van der Waals surface area contributed by atoms with E-state index in [1.807, 2.05) is 17.0 Å². The number of nitrogens with zero attached hydrogens (tertiary/aromatic N) is 5. The lowest BCUT2D eigenvalue weighted by Crippen LogP contribution is -2.42. The fraction of sp³-hybridized carbons (Fsp3) is 0.375. The quantitative estimate of drug-likeness (QED) is 0.682. The molecule has 1 aromatic carbocycles. The van der Waals surface area contributed by atoms with Crippen LogP contribution in [0.2, 0.25) is 0 Å². The molecule has 0 aliphatic carbocycles. The Labute approximate surface area is 186 Å². The van der Waals surface area contributed by atoms with Crippen molar-refractivity contribution >= 4 is 22.6 Å². The first-order chi connectivity index (χ1) is 15.5. The largest absolute Gasteiger partial charge is 0.354 e. The Kier molecular flexibility index (Phi) is 6.17. The number of rotatable bonds is 4. The summed E-state index contributed by atoms with van der Waals surface area (Å²) in [6, 6.07) is 13.0. The number of carbonyl (C=O) groups is 1. The zero-order valence-electron chi connectivity index (χ0n) is 18.3. The maximum Gasteiger partial charge on any atom is 0.258 e. The van der Waals surface area contributed by atoms with Gasteiger partial charge in [0, 0.05) is 44.7 Å². The number of aromatic nitrogens is 3. The molecule has 4 rings (SSSR count). The van der Waals surface area contributed by atoms with Crippen LogP contribution >= 0.6 is 0 Å². The normalized spacial score (nSPS) is 18.9. The van der Waals surface area contributed by atoms with Gasteiger partial charge in [0.1, 0.15) is 17.7 Å². The summed E-state index contributed by atoms with van der Waals surface area (Å²) in [4.78, 5) is 41.2. The van der Waals surface area contributed by atoms with Gasteiger partial charge in [-0.2, -0.15) is 5.26 Å². The molecule has 8 nitrogen and oxygen atoms in total. The van der Waals surface area contributed by atoms with Crippen molar-refractivity contribution in [3.8, 4) is 6.07 Å². The highest BCUT2D eigenvalue weighted by Gasteiger charge is 2.30. The van der Waals surface area contributed by atoms with Crippen LogP contribution in [0.15, 0.2) is 47.4 Å². The van der Waals surface area contributed by atoms with Gasteiger partial charge in [-0.05, 0) is 37.1 Å². The summed E-state index contributed by atoms with van der Waals surface area (Å²) in [6.45, 7) is 6.26. The minimum atomic E-state index is -0.180. The van der Waals surface area contributed by atoms with Crippen molar-refractivity contribution in [2.75, 3.05) is 24.5 Å². The van der Waals surface area contributed by atoms with E-state index in [4.69, 9.17) is 5.26 Å². The maximum atomic E-state index is 13.1. The number of aromatic amines is 1. The molecule has 0 saturated carbocycles. The Bertz CT molecular complexity index is 1210. The standard InChI is InChI=1S/C24H26N6O2/c1-16-15-29(22-9-7-18(13-25)14-26-22)11-12-30(17(16)2)23(31)10-8-21-27-20-6-4-3-5-19(20)24(32)28-21/h3-7,9,14,16-17H,8,10-12,15H2,1-2H3,(H,27,28,32)/t16-,17?/m0/s1. The number of hydrogen-bond donors (Lipinski definition) is 1. The molecule has 1 saturated heterocycles. The number of fused-ring (bicyclic) bond motifs is 1. The summed E-state index contributed by atoms with van der Waals surface area (Å²) >= 11 is 0. The number of nitriles is 1. The van der Waals surface area contributed by atoms with Crippen LogP contribution in [0.3, 0.4) is 0 Å². The van der Waals surface area contributed by atoms with Crippen molar-refractivity contribution in [3.63, 3.8) is 0 Å². The summed E-state index contributed by atoms with van der Waals surface area (Å²) in [5, 5.41) is 9.53. The van der Waals surface area contributed by atoms with Crippen molar-refractivity contribution in [3.05, 3.63) is 64.3 Å². The number of para-hydroxylation sites is 1. The van der Waals surface area contributed by atoms with E-state index in [-0.39, 0.29) is 29.8 Å². The molecular weight excluding hydrogens is 404 g/mol. The zero-order chi connectivity index (χ0) is 22.7. The maximum absolute atomic E-state index is 13.1. The Morgan fingerprint density at radius 2 is 2.03 bits per heavy atom. The summed E-state index contributed by atoms with van der Waals surface area (Å²) in [6.07, 6.45) is 2.25. The monoisotopic (exact) mass is 430 g/mol. The smallest absolute Gasteiger partial charge is 0.258 e. The molecule has 1 aliphatic heterocycles. The predicted molar refractivity (Wildman–Crippen MR) is 122 cm³/mol. The molecule has 0 spiro atoms. The highest BCUT2D eigenvalue weighted by Crippen LogP contribution is 2.22. The number of H-pyrrole nitrogens is 1. The van der Waals surface area contributed by atoms with Crippen LogP contribution in [0.1, 0.15) is 31.7 Å². The van der Waals surface area contributed by atoms with Gasteiger partial charge in [0.05, 0.1) is 16.5 Å². The van der Waals surface area contributed by atoms with Crippen molar-refractivity contribution < 1.29 is 4.79 Å². The van der Waals surface area contributed by atoms with E-state index in [0.29, 0.717) is 41.8 Å². The average Bonchev–Trinajstić information content (AvgIpc) is 2.96. The molecule has 3 heterocycles. The molecule has 8 heteroatoms. The molecule has 3 aromatic rings. The van der Waals surface area contributed by atoms with Crippen LogP contribution < -0.4 is 10.5 Å². The summed E-state index contributed by atoms with van der Waals surface area (Å²) < 4.78 is 0. The second-order valence-corrected chi connectivity index (χ2v) is 8.30. The van der Waals surface area contributed by atoms with Crippen molar-refractivity contribution in [1.29, 1.82) is 5.26 Å². The lowest BCUT2D eigenvalue weighted by atomic mass is 10.0. The molecule has 0 bridgehead atoms. The molecule has 32 heavy (non-hydrogen) atoms. The predicted octanol–water partition coefficient (Wildman–Crippen LogP) is 2.50. The third-order valence-electron chi connectivity index (χ3n) is 6.19. The first kappa shape index (κ1) is 21.5. The Balaban J connectivity index is 1.44. The summed E-state index contributed by atoms with van der Waals surface area (Å²) in [7, 11) is 0. The fourth-order valence-electron chi connectivity index (χ4n) is 4.15. The first-order valence-corrected chi connectivity index (χ1v) is 10.8. The topological polar surface area (TPSA) is 106 Å². The van der Waals surface area contributed by atoms with Gasteiger partial charge in [-0.3, -0.25) is 9.59 Å². The molecule has 2 aromatic heterocycles. The van der Waals surface area contributed by atoms with Crippen molar-refractivity contribution in [1.82, 2.24) is 19.9 Å². The molecule has 1 aliphatic rings. The number of carbonyl (C=O) groups excluding carboxylic acids is 1. The van der Waals surface area contributed by atoms with E-state index in [1.165, 1.54) is 0 Å². The number of benzene rings is 1. The van der Waals surface area contributed by atoms with Crippen molar-refractivity contribution in [2.24, 2.45) is 5.92 Å². The number of aryl methyl sites for hydroxylation is 1. The average molecular weight is 431 g/mol. The molecule has 1 amide bonds. The van der Waals surface area contributed by atoms with E-state index in [0.717, 1.165) is 12.4 Å². The van der Waals surface area contributed by atoms with E-state index in [2.05, 4.69) is 39.8 Å². The van der Waals surface area contributed by atoms with Crippen LogP contribution in [0.5, 0.6) is 0 Å². The number of hydrogen-bond acceptors (Lipinski definition) is 6. The second kappa shape index (κ2) is 9.18. The molecule has 1 unspecified atom stereocenters. The lowest BCUT2D eigenvalue weighted by Gasteiger charge is -2.30. The van der Waals surface area contributed by atoms with E-state index in [9.17, 15) is 9.59 Å². The van der Waals surface area contributed by atoms with Crippen LogP contribution in [-0.2, 0) is 11.2 Å². The lowest BCUT2D eigenvalue weighted by molar-refractivity contribution is -0.133. The van der Waals surface area contributed by atoms with Gasteiger partial charge in [0.25, 0.3) is 5.56 Å². The highest BCUT2D eigenvalue weighted by atomic mass is 16.2. The van der Waals surface area contributed by atoms with Gasteiger partial charge in [0.15, 0.2) is 0 Å². The van der Waals surface area contributed by atoms with Gasteiger partial charge >= 0.3 is 0 Å². The van der Waals surface area contributed by atoms with E-state index >= 15 is 0 Å².